The standard InChI is InChI=1S/C21H22N4O2/c1-15-7-6-10-20(22-15)27-17-11-12-25(14-17)21(26)19-13-18(23-24(19)2)16-8-4-3-5-9-16/h3-10,13,17H,11-12,14H2,1-2H3. The lowest BCUT2D eigenvalue weighted by atomic mass is 10.1. The molecule has 1 amide bonds. The van der Waals surface area contributed by atoms with E-state index in [0.717, 1.165) is 23.4 Å². The van der Waals surface area contributed by atoms with Gasteiger partial charge in [0.15, 0.2) is 0 Å². The van der Waals surface area contributed by atoms with E-state index in [1.165, 1.54) is 0 Å². The fourth-order valence-electron chi connectivity index (χ4n) is 3.34. The molecule has 1 fully saturated rings. The molecule has 1 saturated heterocycles. The Labute approximate surface area is 158 Å². The van der Waals surface area contributed by atoms with Gasteiger partial charge in [-0.25, -0.2) is 4.98 Å². The molecule has 6 heteroatoms. The highest BCUT2D eigenvalue weighted by atomic mass is 16.5. The highest BCUT2D eigenvalue weighted by molar-refractivity contribution is 5.94. The van der Waals surface area contributed by atoms with E-state index in [2.05, 4.69) is 10.1 Å². The van der Waals surface area contributed by atoms with E-state index < -0.39 is 0 Å². The molecule has 3 heterocycles. The topological polar surface area (TPSA) is 60.2 Å². The first-order valence-corrected chi connectivity index (χ1v) is 9.09. The van der Waals surface area contributed by atoms with Crippen molar-refractivity contribution >= 4 is 5.91 Å². The molecule has 6 nitrogen and oxygen atoms in total. The zero-order chi connectivity index (χ0) is 18.8. The van der Waals surface area contributed by atoms with Gasteiger partial charge in [0, 0.05) is 37.3 Å². The van der Waals surface area contributed by atoms with Crippen molar-refractivity contribution in [3.05, 3.63) is 66.0 Å². The first kappa shape index (κ1) is 17.3. The summed E-state index contributed by atoms with van der Waals surface area (Å²) < 4.78 is 7.60. The van der Waals surface area contributed by atoms with Gasteiger partial charge in [-0.15, -0.1) is 0 Å². The number of ether oxygens (including phenoxy) is 1. The molecule has 0 bridgehead atoms. The normalized spacial score (nSPS) is 16.5. The number of aryl methyl sites for hydroxylation is 2. The molecule has 27 heavy (non-hydrogen) atoms. The summed E-state index contributed by atoms with van der Waals surface area (Å²) in [5, 5.41) is 4.50. The van der Waals surface area contributed by atoms with E-state index in [9.17, 15) is 4.79 Å². The van der Waals surface area contributed by atoms with Crippen molar-refractivity contribution in [1.82, 2.24) is 19.7 Å². The van der Waals surface area contributed by atoms with Crippen LogP contribution < -0.4 is 4.74 Å². The van der Waals surface area contributed by atoms with Crippen molar-refractivity contribution in [2.45, 2.75) is 19.4 Å². The van der Waals surface area contributed by atoms with Crippen molar-refractivity contribution in [1.29, 1.82) is 0 Å². The van der Waals surface area contributed by atoms with Crippen molar-refractivity contribution in [2.24, 2.45) is 7.05 Å². The molecule has 1 unspecified atom stereocenters. The third-order valence-electron chi connectivity index (χ3n) is 4.75. The predicted octanol–water partition coefficient (Wildman–Crippen LogP) is 3.08. The second-order valence-corrected chi connectivity index (χ2v) is 6.80. The van der Waals surface area contributed by atoms with Gasteiger partial charge in [0.25, 0.3) is 5.91 Å². The number of aromatic nitrogens is 3. The third-order valence-corrected chi connectivity index (χ3v) is 4.75. The number of rotatable bonds is 4. The first-order valence-electron chi connectivity index (χ1n) is 9.09. The summed E-state index contributed by atoms with van der Waals surface area (Å²) in [6.45, 7) is 3.16. The van der Waals surface area contributed by atoms with Crippen LogP contribution in [0.1, 0.15) is 22.6 Å². The van der Waals surface area contributed by atoms with Crippen LogP contribution in [0, 0.1) is 6.92 Å². The molecule has 138 valence electrons. The lowest BCUT2D eigenvalue weighted by Gasteiger charge is -2.17. The zero-order valence-corrected chi connectivity index (χ0v) is 15.5. The maximum absolute atomic E-state index is 13.0. The number of pyridine rings is 1. The quantitative estimate of drug-likeness (QED) is 0.716. The molecule has 1 aliphatic rings. The van der Waals surface area contributed by atoms with Crippen LogP contribution in [-0.2, 0) is 7.05 Å². The van der Waals surface area contributed by atoms with Crippen LogP contribution in [0.25, 0.3) is 11.3 Å². The second kappa shape index (κ2) is 7.23. The average Bonchev–Trinajstić information content (AvgIpc) is 3.29. The molecule has 0 N–H and O–H groups in total. The smallest absolute Gasteiger partial charge is 0.272 e. The Hall–Kier alpha value is -3.15. The van der Waals surface area contributed by atoms with Crippen LogP contribution in [0.3, 0.4) is 0 Å². The summed E-state index contributed by atoms with van der Waals surface area (Å²) in [6.07, 6.45) is 0.759. The second-order valence-electron chi connectivity index (χ2n) is 6.80. The molecule has 3 aromatic rings. The van der Waals surface area contributed by atoms with Crippen molar-refractivity contribution < 1.29 is 9.53 Å². The Morgan fingerprint density at radius 1 is 1.15 bits per heavy atom. The molecule has 1 aliphatic heterocycles. The van der Waals surface area contributed by atoms with E-state index >= 15 is 0 Å². The summed E-state index contributed by atoms with van der Waals surface area (Å²) >= 11 is 0. The van der Waals surface area contributed by atoms with Crippen molar-refractivity contribution in [3.8, 4) is 17.1 Å². The fourth-order valence-corrected chi connectivity index (χ4v) is 3.34. The Bertz CT molecular complexity index is 952. The zero-order valence-electron chi connectivity index (χ0n) is 15.5. The molecular formula is C21H22N4O2. The molecule has 0 spiro atoms. The van der Waals surface area contributed by atoms with Gasteiger partial charge in [-0.2, -0.15) is 5.10 Å². The summed E-state index contributed by atoms with van der Waals surface area (Å²) in [5.74, 6) is 0.594. The van der Waals surface area contributed by atoms with Crippen LogP contribution in [-0.4, -0.2) is 44.8 Å². The molecule has 4 rings (SSSR count). The van der Waals surface area contributed by atoms with Gasteiger partial charge in [-0.3, -0.25) is 9.48 Å². The van der Waals surface area contributed by atoms with Crippen LogP contribution in [0.4, 0.5) is 0 Å². The molecular weight excluding hydrogens is 340 g/mol. The lowest BCUT2D eigenvalue weighted by Crippen LogP contribution is -2.32. The fraction of sp³-hybridized carbons (Fsp3) is 0.286. The van der Waals surface area contributed by atoms with Gasteiger partial charge >= 0.3 is 0 Å². The SMILES string of the molecule is Cc1cccc(OC2CCN(C(=O)c3cc(-c4ccccc4)nn3C)C2)n1. The number of carbonyl (C=O) groups excluding carboxylic acids is 1. The molecule has 0 aliphatic carbocycles. The van der Waals surface area contributed by atoms with E-state index in [4.69, 9.17) is 4.74 Å². The third kappa shape index (κ3) is 3.69. The number of nitrogens with zero attached hydrogens (tertiary/aromatic N) is 4. The first-order chi connectivity index (χ1) is 13.1. The lowest BCUT2D eigenvalue weighted by molar-refractivity contribution is 0.0760. The molecule has 0 saturated carbocycles. The number of hydrogen-bond donors (Lipinski definition) is 0. The van der Waals surface area contributed by atoms with Gasteiger partial charge in [-0.1, -0.05) is 36.4 Å². The van der Waals surface area contributed by atoms with Crippen LogP contribution in [0.2, 0.25) is 0 Å². The van der Waals surface area contributed by atoms with Gasteiger partial charge in [-0.05, 0) is 19.1 Å². The summed E-state index contributed by atoms with van der Waals surface area (Å²) in [4.78, 5) is 19.2. The number of likely N-dealkylation sites (tertiary alicyclic amines) is 1. The Balaban J connectivity index is 1.45. The maximum Gasteiger partial charge on any atom is 0.272 e. The number of amides is 1. The van der Waals surface area contributed by atoms with Crippen molar-refractivity contribution in [2.75, 3.05) is 13.1 Å². The summed E-state index contributed by atoms with van der Waals surface area (Å²) in [6, 6.07) is 17.4. The summed E-state index contributed by atoms with van der Waals surface area (Å²) in [7, 11) is 1.81. The molecule has 1 atom stereocenters. The Morgan fingerprint density at radius 3 is 2.74 bits per heavy atom. The maximum atomic E-state index is 13.0. The molecule has 2 aromatic heterocycles. The van der Waals surface area contributed by atoms with E-state index in [0.29, 0.717) is 24.7 Å². The number of carbonyl (C=O) groups is 1. The Morgan fingerprint density at radius 2 is 1.96 bits per heavy atom. The number of benzene rings is 1. The van der Waals surface area contributed by atoms with Crippen LogP contribution in [0.5, 0.6) is 5.88 Å². The largest absolute Gasteiger partial charge is 0.472 e. The predicted molar refractivity (Wildman–Crippen MR) is 103 cm³/mol. The van der Waals surface area contributed by atoms with Crippen LogP contribution >= 0.6 is 0 Å². The van der Waals surface area contributed by atoms with Crippen molar-refractivity contribution in [3.63, 3.8) is 0 Å². The monoisotopic (exact) mass is 362 g/mol. The van der Waals surface area contributed by atoms with Gasteiger partial charge < -0.3 is 9.64 Å². The highest BCUT2D eigenvalue weighted by Gasteiger charge is 2.30. The number of hydrogen-bond acceptors (Lipinski definition) is 4. The molecule has 1 aromatic carbocycles. The average molecular weight is 362 g/mol. The van der Waals surface area contributed by atoms with Gasteiger partial charge in [0.2, 0.25) is 5.88 Å². The van der Waals surface area contributed by atoms with E-state index in [1.807, 2.05) is 66.4 Å². The minimum Gasteiger partial charge on any atom is -0.472 e. The van der Waals surface area contributed by atoms with Gasteiger partial charge in [0.1, 0.15) is 11.8 Å². The van der Waals surface area contributed by atoms with E-state index in [-0.39, 0.29) is 12.0 Å². The minimum absolute atomic E-state index is 0.0181. The van der Waals surface area contributed by atoms with Gasteiger partial charge in [0.05, 0.1) is 12.2 Å². The minimum atomic E-state index is -0.0370. The Kier molecular flexibility index (Phi) is 4.62. The van der Waals surface area contributed by atoms with E-state index in [1.54, 1.807) is 11.7 Å². The molecule has 0 radical (unpaired) electrons. The van der Waals surface area contributed by atoms with Crippen LogP contribution in [0.15, 0.2) is 54.6 Å². The summed E-state index contributed by atoms with van der Waals surface area (Å²) in [5.41, 5.74) is 3.31. The highest BCUT2D eigenvalue weighted by Crippen LogP contribution is 2.22.